The Hall–Kier alpha value is -2.41. The van der Waals surface area contributed by atoms with Gasteiger partial charge in [-0.05, 0) is 30.2 Å². The molecule has 1 N–H and O–H groups in total. The smallest absolute Gasteiger partial charge is 0.269 e. The molecule has 6 nitrogen and oxygen atoms in total. The second kappa shape index (κ2) is 5.92. The van der Waals surface area contributed by atoms with Crippen LogP contribution in [0.15, 0.2) is 53.4 Å². The second-order valence-electron chi connectivity index (χ2n) is 4.37. The maximum Gasteiger partial charge on any atom is 0.269 e. The maximum atomic E-state index is 12.3. The number of nitro groups is 1. The van der Waals surface area contributed by atoms with Crippen LogP contribution in [-0.2, 0) is 16.4 Å². The first-order chi connectivity index (χ1) is 9.94. The SMILES string of the molecule is CCc1ccccc1NS(=O)(=O)c1ccc([N+](=O)[O-])cc1. The highest BCUT2D eigenvalue weighted by Crippen LogP contribution is 2.22. The molecule has 0 aliphatic carbocycles. The number of para-hydroxylation sites is 1. The molecule has 0 saturated carbocycles. The van der Waals surface area contributed by atoms with Gasteiger partial charge in [0.05, 0.1) is 15.5 Å². The van der Waals surface area contributed by atoms with E-state index in [9.17, 15) is 18.5 Å². The monoisotopic (exact) mass is 306 g/mol. The first kappa shape index (κ1) is 15.0. The van der Waals surface area contributed by atoms with E-state index in [4.69, 9.17) is 0 Å². The van der Waals surface area contributed by atoms with Crippen molar-refractivity contribution in [1.29, 1.82) is 0 Å². The van der Waals surface area contributed by atoms with Gasteiger partial charge in [-0.3, -0.25) is 14.8 Å². The zero-order chi connectivity index (χ0) is 15.5. The molecule has 0 aromatic heterocycles. The third-order valence-electron chi connectivity index (χ3n) is 3.00. The molecule has 0 spiro atoms. The minimum absolute atomic E-state index is 0.0148. The summed E-state index contributed by atoms with van der Waals surface area (Å²) in [5.41, 5.74) is 1.24. The van der Waals surface area contributed by atoms with Crippen LogP contribution in [0.3, 0.4) is 0 Å². The highest BCUT2D eigenvalue weighted by Gasteiger charge is 2.17. The molecule has 0 fully saturated rings. The number of nitrogens with one attached hydrogen (secondary N) is 1. The van der Waals surface area contributed by atoms with Crippen LogP contribution in [0.2, 0.25) is 0 Å². The van der Waals surface area contributed by atoms with Crippen LogP contribution >= 0.6 is 0 Å². The summed E-state index contributed by atoms with van der Waals surface area (Å²) >= 11 is 0. The molecule has 0 atom stereocenters. The third-order valence-corrected chi connectivity index (χ3v) is 4.38. The molecule has 0 radical (unpaired) electrons. The number of anilines is 1. The topological polar surface area (TPSA) is 89.3 Å². The van der Waals surface area contributed by atoms with Gasteiger partial charge in [-0.2, -0.15) is 0 Å². The van der Waals surface area contributed by atoms with Crippen LogP contribution < -0.4 is 4.72 Å². The lowest BCUT2D eigenvalue weighted by molar-refractivity contribution is -0.384. The fourth-order valence-corrected chi connectivity index (χ4v) is 2.98. The summed E-state index contributed by atoms with van der Waals surface area (Å²) in [6, 6.07) is 11.9. The molecule has 0 saturated heterocycles. The molecule has 0 aliphatic heterocycles. The minimum Gasteiger partial charge on any atom is -0.279 e. The number of sulfonamides is 1. The van der Waals surface area contributed by atoms with E-state index >= 15 is 0 Å². The number of aryl methyl sites for hydroxylation is 1. The Balaban J connectivity index is 2.32. The van der Waals surface area contributed by atoms with Gasteiger partial charge in [0.2, 0.25) is 0 Å². The standard InChI is InChI=1S/C14H14N2O4S/c1-2-11-5-3-4-6-14(11)15-21(19,20)13-9-7-12(8-10-13)16(17)18/h3-10,15H,2H2,1H3. The fourth-order valence-electron chi connectivity index (χ4n) is 1.88. The van der Waals surface area contributed by atoms with Gasteiger partial charge in [0.25, 0.3) is 15.7 Å². The lowest BCUT2D eigenvalue weighted by Gasteiger charge is -2.11. The highest BCUT2D eigenvalue weighted by atomic mass is 32.2. The number of benzene rings is 2. The van der Waals surface area contributed by atoms with Crippen molar-refractivity contribution in [3.05, 3.63) is 64.2 Å². The molecule has 2 rings (SSSR count). The summed E-state index contributed by atoms with van der Waals surface area (Å²) in [5.74, 6) is 0. The Morgan fingerprint density at radius 2 is 1.71 bits per heavy atom. The molecule has 21 heavy (non-hydrogen) atoms. The van der Waals surface area contributed by atoms with Gasteiger partial charge >= 0.3 is 0 Å². The third kappa shape index (κ3) is 3.38. The summed E-state index contributed by atoms with van der Waals surface area (Å²) in [4.78, 5) is 9.99. The average molecular weight is 306 g/mol. The molecule has 2 aromatic rings. The predicted octanol–water partition coefficient (Wildman–Crippen LogP) is 2.96. The quantitative estimate of drug-likeness (QED) is 0.679. The fraction of sp³-hybridized carbons (Fsp3) is 0.143. The molecule has 0 bridgehead atoms. The summed E-state index contributed by atoms with van der Waals surface area (Å²) in [6.45, 7) is 1.93. The Labute approximate surface area is 122 Å². The molecular formula is C14H14N2O4S. The van der Waals surface area contributed by atoms with Gasteiger partial charge in [-0.1, -0.05) is 25.1 Å². The lowest BCUT2D eigenvalue weighted by atomic mass is 10.1. The Morgan fingerprint density at radius 1 is 1.10 bits per heavy atom. The lowest BCUT2D eigenvalue weighted by Crippen LogP contribution is -2.14. The largest absolute Gasteiger partial charge is 0.279 e. The van der Waals surface area contributed by atoms with Gasteiger partial charge in [-0.15, -0.1) is 0 Å². The van der Waals surface area contributed by atoms with E-state index < -0.39 is 14.9 Å². The number of rotatable bonds is 5. The Kier molecular flexibility index (Phi) is 4.23. The van der Waals surface area contributed by atoms with Crippen LogP contribution in [0.4, 0.5) is 11.4 Å². The van der Waals surface area contributed by atoms with Crippen LogP contribution in [0.5, 0.6) is 0 Å². The summed E-state index contributed by atoms with van der Waals surface area (Å²) in [7, 11) is -3.76. The molecular weight excluding hydrogens is 292 g/mol. The summed E-state index contributed by atoms with van der Waals surface area (Å²) < 4.78 is 27.0. The van der Waals surface area contributed by atoms with E-state index in [-0.39, 0.29) is 10.6 Å². The molecule has 0 aliphatic rings. The number of hydrogen-bond donors (Lipinski definition) is 1. The van der Waals surface area contributed by atoms with E-state index in [0.717, 1.165) is 5.56 Å². The molecule has 2 aromatic carbocycles. The van der Waals surface area contributed by atoms with Gasteiger partial charge in [-0.25, -0.2) is 8.42 Å². The predicted molar refractivity (Wildman–Crippen MR) is 79.7 cm³/mol. The number of nitrogens with zero attached hydrogens (tertiary/aromatic N) is 1. The van der Waals surface area contributed by atoms with Crippen molar-refractivity contribution in [2.24, 2.45) is 0 Å². The van der Waals surface area contributed by atoms with Crippen molar-refractivity contribution >= 4 is 21.4 Å². The van der Waals surface area contributed by atoms with Crippen molar-refractivity contribution in [2.75, 3.05) is 4.72 Å². The number of hydrogen-bond acceptors (Lipinski definition) is 4. The van der Waals surface area contributed by atoms with Crippen LogP contribution in [0, 0.1) is 10.1 Å². The van der Waals surface area contributed by atoms with E-state index in [1.54, 1.807) is 12.1 Å². The van der Waals surface area contributed by atoms with Crippen LogP contribution in [0.1, 0.15) is 12.5 Å². The zero-order valence-electron chi connectivity index (χ0n) is 11.3. The first-order valence-electron chi connectivity index (χ1n) is 6.29. The van der Waals surface area contributed by atoms with Gasteiger partial charge in [0, 0.05) is 12.1 Å². The Bertz CT molecular complexity index is 755. The first-order valence-corrected chi connectivity index (χ1v) is 7.77. The average Bonchev–Trinajstić information content (AvgIpc) is 2.47. The summed E-state index contributed by atoms with van der Waals surface area (Å²) in [5, 5.41) is 10.6. The Morgan fingerprint density at radius 3 is 2.29 bits per heavy atom. The van der Waals surface area contributed by atoms with E-state index in [1.165, 1.54) is 24.3 Å². The van der Waals surface area contributed by atoms with E-state index in [1.807, 2.05) is 19.1 Å². The van der Waals surface area contributed by atoms with Crippen molar-refractivity contribution in [2.45, 2.75) is 18.2 Å². The molecule has 0 heterocycles. The van der Waals surface area contributed by atoms with E-state index in [2.05, 4.69) is 4.72 Å². The molecule has 0 amide bonds. The van der Waals surface area contributed by atoms with Crippen molar-refractivity contribution in [3.63, 3.8) is 0 Å². The number of nitro benzene ring substituents is 1. The molecule has 7 heteroatoms. The van der Waals surface area contributed by atoms with Gasteiger partial charge in [0.15, 0.2) is 0 Å². The van der Waals surface area contributed by atoms with Crippen LogP contribution in [0.25, 0.3) is 0 Å². The van der Waals surface area contributed by atoms with Gasteiger partial charge in [0.1, 0.15) is 0 Å². The molecule has 110 valence electrons. The number of non-ortho nitro benzene ring substituents is 1. The normalized spacial score (nSPS) is 11.1. The van der Waals surface area contributed by atoms with Gasteiger partial charge < -0.3 is 0 Å². The van der Waals surface area contributed by atoms with Crippen molar-refractivity contribution in [1.82, 2.24) is 0 Å². The minimum atomic E-state index is -3.76. The van der Waals surface area contributed by atoms with Crippen LogP contribution in [-0.4, -0.2) is 13.3 Å². The maximum absolute atomic E-state index is 12.3. The second-order valence-corrected chi connectivity index (χ2v) is 6.05. The van der Waals surface area contributed by atoms with E-state index in [0.29, 0.717) is 12.1 Å². The van der Waals surface area contributed by atoms with Crippen molar-refractivity contribution in [3.8, 4) is 0 Å². The summed E-state index contributed by atoms with van der Waals surface area (Å²) in [6.07, 6.45) is 0.693. The van der Waals surface area contributed by atoms with Crippen molar-refractivity contribution < 1.29 is 13.3 Å². The zero-order valence-corrected chi connectivity index (χ0v) is 12.1. The highest BCUT2D eigenvalue weighted by molar-refractivity contribution is 7.92. The molecule has 0 unspecified atom stereocenters.